The van der Waals surface area contributed by atoms with E-state index in [-0.39, 0.29) is 35.0 Å². The Labute approximate surface area is 179 Å². The lowest BCUT2D eigenvalue weighted by molar-refractivity contribution is 0.00797. The summed E-state index contributed by atoms with van der Waals surface area (Å²) in [6, 6.07) is 11.8. The zero-order valence-corrected chi connectivity index (χ0v) is 19.3. The third-order valence-corrected chi connectivity index (χ3v) is 6.25. The van der Waals surface area contributed by atoms with Gasteiger partial charge in [-0.05, 0) is 78.6 Å². The van der Waals surface area contributed by atoms with Crippen LogP contribution in [0.3, 0.4) is 0 Å². The van der Waals surface area contributed by atoms with Gasteiger partial charge in [0.05, 0.1) is 12.1 Å². The van der Waals surface area contributed by atoms with Crippen molar-refractivity contribution in [2.24, 2.45) is 0 Å². The van der Waals surface area contributed by atoms with Crippen molar-refractivity contribution in [3.8, 4) is 0 Å². The van der Waals surface area contributed by atoms with Gasteiger partial charge in [-0.3, -0.25) is 9.59 Å². The lowest BCUT2D eigenvalue weighted by Gasteiger charge is -2.46. The van der Waals surface area contributed by atoms with Crippen molar-refractivity contribution in [3.05, 3.63) is 69.8 Å². The maximum atomic E-state index is 13.6. The van der Waals surface area contributed by atoms with E-state index in [0.29, 0.717) is 0 Å². The van der Waals surface area contributed by atoms with Gasteiger partial charge in [-0.2, -0.15) is 0 Å². The monoisotopic (exact) mass is 404 g/mol. The molecule has 0 aliphatic carbocycles. The highest BCUT2D eigenvalue weighted by Crippen LogP contribution is 2.53. The topological polar surface area (TPSA) is 40.6 Å². The van der Waals surface area contributed by atoms with Crippen LogP contribution in [0.5, 0.6) is 0 Å². The maximum Gasteiger partial charge on any atom is 0.255 e. The van der Waals surface area contributed by atoms with Crippen molar-refractivity contribution in [1.29, 1.82) is 0 Å². The summed E-state index contributed by atoms with van der Waals surface area (Å²) in [5.41, 5.74) is 4.94. The molecule has 4 heteroatoms. The van der Waals surface area contributed by atoms with Gasteiger partial charge in [0.1, 0.15) is 0 Å². The zero-order valence-electron chi connectivity index (χ0n) is 19.3. The molecule has 2 aliphatic rings. The number of carbonyl (C=O) groups is 2. The van der Waals surface area contributed by atoms with E-state index in [1.807, 2.05) is 35.8 Å². The van der Waals surface area contributed by atoms with Crippen molar-refractivity contribution < 1.29 is 9.59 Å². The number of aryl methyl sites for hydroxylation is 2. The third kappa shape index (κ3) is 2.96. The van der Waals surface area contributed by atoms with Crippen LogP contribution in [0, 0.1) is 13.8 Å². The van der Waals surface area contributed by atoms with Gasteiger partial charge in [-0.15, -0.1) is 0 Å². The van der Waals surface area contributed by atoms with E-state index in [9.17, 15) is 9.59 Å². The summed E-state index contributed by atoms with van der Waals surface area (Å²) < 4.78 is 0. The van der Waals surface area contributed by atoms with Crippen LogP contribution in [0.1, 0.15) is 96.6 Å². The van der Waals surface area contributed by atoms with E-state index >= 15 is 0 Å². The second-order valence-corrected chi connectivity index (χ2v) is 10.8. The summed E-state index contributed by atoms with van der Waals surface area (Å²) in [5.74, 6) is 0.0983. The van der Waals surface area contributed by atoms with E-state index in [0.717, 1.165) is 33.4 Å². The van der Waals surface area contributed by atoms with Crippen LogP contribution in [0.15, 0.2) is 36.4 Å². The van der Waals surface area contributed by atoms with Crippen molar-refractivity contribution in [3.63, 3.8) is 0 Å². The number of carbonyl (C=O) groups excluding carboxylic acids is 2. The van der Waals surface area contributed by atoms with E-state index < -0.39 is 0 Å². The zero-order chi connectivity index (χ0) is 22.2. The highest BCUT2D eigenvalue weighted by atomic mass is 16.2. The maximum absolute atomic E-state index is 13.6. The molecule has 0 aromatic heterocycles. The van der Waals surface area contributed by atoms with E-state index in [2.05, 4.69) is 65.8 Å². The molecule has 2 aromatic carbocycles. The van der Waals surface area contributed by atoms with Crippen LogP contribution in [-0.2, 0) is 0 Å². The molecule has 0 saturated heterocycles. The van der Waals surface area contributed by atoms with Crippen molar-refractivity contribution >= 4 is 11.8 Å². The SMILES string of the molecule is Cc1ccc2c(c1)C(=O)N(C(C)(C)C)C2C1c2ccc(C)cc2C(=O)N1C(C)(C)C. The molecule has 0 bridgehead atoms. The summed E-state index contributed by atoms with van der Waals surface area (Å²) in [6.45, 7) is 16.5. The molecular formula is C26H32N2O2. The number of nitrogens with zero attached hydrogens (tertiary/aromatic N) is 2. The van der Waals surface area contributed by atoms with E-state index in [4.69, 9.17) is 0 Å². The van der Waals surface area contributed by atoms with Gasteiger partial charge in [0, 0.05) is 22.2 Å². The molecule has 0 fully saturated rings. The van der Waals surface area contributed by atoms with E-state index in [1.165, 1.54) is 0 Å². The first-order valence-corrected chi connectivity index (χ1v) is 10.7. The molecule has 0 saturated carbocycles. The molecule has 2 aromatic rings. The Balaban J connectivity index is 2.00. The number of hydrogen-bond donors (Lipinski definition) is 0. The first kappa shape index (κ1) is 20.6. The van der Waals surface area contributed by atoms with Gasteiger partial charge >= 0.3 is 0 Å². The fraction of sp³-hybridized carbons (Fsp3) is 0.462. The third-order valence-electron chi connectivity index (χ3n) is 6.25. The first-order chi connectivity index (χ1) is 13.8. The van der Waals surface area contributed by atoms with Crippen LogP contribution in [0.25, 0.3) is 0 Å². The number of hydrogen-bond acceptors (Lipinski definition) is 2. The Bertz CT molecular complexity index is 970. The predicted octanol–water partition coefficient (Wildman–Crippen LogP) is 5.59. The molecule has 0 spiro atoms. The minimum Gasteiger partial charge on any atom is -0.324 e. The molecule has 0 radical (unpaired) electrons. The molecule has 2 aliphatic heterocycles. The Morgan fingerprint density at radius 3 is 1.27 bits per heavy atom. The Morgan fingerprint density at radius 1 is 0.633 bits per heavy atom. The quantitative estimate of drug-likeness (QED) is 0.621. The summed E-state index contributed by atoms with van der Waals surface area (Å²) in [5, 5.41) is 0. The lowest BCUT2D eigenvalue weighted by atomic mass is 9.88. The molecule has 4 rings (SSSR count). The first-order valence-electron chi connectivity index (χ1n) is 10.7. The fourth-order valence-corrected chi connectivity index (χ4v) is 5.08. The highest BCUT2D eigenvalue weighted by Gasteiger charge is 2.54. The molecular weight excluding hydrogens is 372 g/mol. The minimum absolute atomic E-state index is 0.0491. The number of fused-ring (bicyclic) bond motifs is 2. The fourth-order valence-electron chi connectivity index (χ4n) is 5.08. The summed E-state index contributed by atoms with van der Waals surface area (Å²) in [4.78, 5) is 31.2. The lowest BCUT2D eigenvalue weighted by Crippen LogP contribution is -2.51. The van der Waals surface area contributed by atoms with Crippen LogP contribution in [0.4, 0.5) is 0 Å². The second-order valence-electron chi connectivity index (χ2n) is 10.8. The predicted molar refractivity (Wildman–Crippen MR) is 120 cm³/mol. The molecule has 30 heavy (non-hydrogen) atoms. The highest BCUT2D eigenvalue weighted by molar-refractivity contribution is 6.02. The summed E-state index contributed by atoms with van der Waals surface area (Å²) >= 11 is 0. The van der Waals surface area contributed by atoms with Gasteiger partial charge in [0.25, 0.3) is 11.8 Å². The average Bonchev–Trinajstić information content (AvgIpc) is 3.06. The van der Waals surface area contributed by atoms with Crippen LogP contribution >= 0.6 is 0 Å². The Hall–Kier alpha value is -2.62. The average molecular weight is 405 g/mol. The molecule has 2 unspecified atom stereocenters. The van der Waals surface area contributed by atoms with Gasteiger partial charge in [0.2, 0.25) is 0 Å². The van der Waals surface area contributed by atoms with Crippen molar-refractivity contribution in [2.45, 2.75) is 78.6 Å². The van der Waals surface area contributed by atoms with Gasteiger partial charge < -0.3 is 9.80 Å². The molecule has 158 valence electrons. The smallest absolute Gasteiger partial charge is 0.255 e. The Morgan fingerprint density at radius 2 is 0.967 bits per heavy atom. The number of amides is 2. The van der Waals surface area contributed by atoms with Crippen LogP contribution in [0.2, 0.25) is 0 Å². The second kappa shape index (κ2) is 6.44. The van der Waals surface area contributed by atoms with Gasteiger partial charge in [0.15, 0.2) is 0 Å². The largest absolute Gasteiger partial charge is 0.324 e. The summed E-state index contributed by atoms with van der Waals surface area (Å²) in [6.07, 6.45) is 0. The standard InChI is InChI=1S/C26H32N2O2/c1-15-9-11-17-19(13-15)23(29)27(25(3,4)5)21(17)22-18-12-10-16(2)14-20(18)24(30)28(22)26(6,7)8/h9-14,21-22H,1-8H3. The van der Waals surface area contributed by atoms with E-state index in [1.54, 1.807) is 0 Å². The molecule has 0 N–H and O–H groups in total. The number of rotatable bonds is 1. The Kier molecular flexibility index (Phi) is 4.43. The minimum atomic E-state index is -0.380. The molecule has 2 heterocycles. The van der Waals surface area contributed by atoms with Crippen molar-refractivity contribution in [1.82, 2.24) is 9.80 Å². The van der Waals surface area contributed by atoms with Gasteiger partial charge in [-0.1, -0.05) is 35.4 Å². The van der Waals surface area contributed by atoms with Crippen molar-refractivity contribution in [2.75, 3.05) is 0 Å². The molecule has 2 atom stereocenters. The molecule has 4 nitrogen and oxygen atoms in total. The van der Waals surface area contributed by atoms with Crippen LogP contribution in [-0.4, -0.2) is 32.7 Å². The van der Waals surface area contributed by atoms with Gasteiger partial charge in [-0.25, -0.2) is 0 Å². The van der Waals surface area contributed by atoms with Crippen LogP contribution < -0.4 is 0 Å². The summed E-state index contributed by atoms with van der Waals surface area (Å²) in [7, 11) is 0. The number of benzene rings is 2. The normalized spacial score (nSPS) is 21.3. The molecule has 2 amide bonds.